The first-order valence-electron chi connectivity index (χ1n) is 6.94. The highest BCUT2D eigenvalue weighted by atomic mass is 16.5. The van der Waals surface area contributed by atoms with Gasteiger partial charge in [-0.25, -0.2) is 0 Å². The highest BCUT2D eigenvalue weighted by Crippen LogP contribution is 2.29. The molecule has 1 aliphatic heterocycles. The number of rotatable bonds is 5. The molecule has 0 aromatic heterocycles. The fourth-order valence-electron chi connectivity index (χ4n) is 2.82. The van der Waals surface area contributed by atoms with Gasteiger partial charge in [-0.2, -0.15) is 0 Å². The smallest absolute Gasteiger partial charge is 0.119 e. The van der Waals surface area contributed by atoms with Crippen molar-refractivity contribution in [3.05, 3.63) is 29.8 Å². The van der Waals surface area contributed by atoms with Crippen LogP contribution < -0.4 is 10.5 Å². The van der Waals surface area contributed by atoms with E-state index < -0.39 is 0 Å². The Labute approximate surface area is 110 Å². The van der Waals surface area contributed by atoms with Gasteiger partial charge in [0.05, 0.1) is 6.61 Å². The van der Waals surface area contributed by atoms with E-state index in [0.29, 0.717) is 12.6 Å². The van der Waals surface area contributed by atoms with Crippen molar-refractivity contribution < 1.29 is 4.74 Å². The van der Waals surface area contributed by atoms with Crippen molar-refractivity contribution in [2.45, 2.75) is 38.8 Å². The molecule has 2 rings (SSSR count). The Balaban J connectivity index is 2.21. The van der Waals surface area contributed by atoms with Crippen LogP contribution in [0.4, 0.5) is 0 Å². The monoisotopic (exact) mass is 248 g/mol. The molecule has 1 fully saturated rings. The van der Waals surface area contributed by atoms with Gasteiger partial charge < -0.3 is 10.5 Å². The highest BCUT2D eigenvalue weighted by Gasteiger charge is 2.26. The molecule has 1 aromatic carbocycles. The van der Waals surface area contributed by atoms with E-state index in [4.69, 9.17) is 10.5 Å². The molecule has 1 aliphatic rings. The Hall–Kier alpha value is -1.06. The van der Waals surface area contributed by atoms with Gasteiger partial charge in [-0.1, -0.05) is 12.1 Å². The van der Waals surface area contributed by atoms with E-state index in [9.17, 15) is 0 Å². The van der Waals surface area contributed by atoms with Crippen LogP contribution in [0.2, 0.25) is 0 Å². The number of hydrogen-bond acceptors (Lipinski definition) is 3. The zero-order chi connectivity index (χ0) is 13.0. The normalized spacial score (nSPS) is 19.7. The maximum Gasteiger partial charge on any atom is 0.119 e. The van der Waals surface area contributed by atoms with Gasteiger partial charge in [0, 0.05) is 12.1 Å². The summed E-state index contributed by atoms with van der Waals surface area (Å²) in [5, 5.41) is 0. The summed E-state index contributed by atoms with van der Waals surface area (Å²) in [6, 6.07) is 8.82. The summed E-state index contributed by atoms with van der Waals surface area (Å²) < 4.78 is 5.58. The minimum atomic E-state index is 0.139. The number of ether oxygens (including phenoxy) is 1. The molecule has 2 unspecified atom stereocenters. The first-order valence-corrected chi connectivity index (χ1v) is 6.94. The minimum Gasteiger partial charge on any atom is -0.494 e. The number of nitrogens with zero attached hydrogens (tertiary/aromatic N) is 1. The Morgan fingerprint density at radius 2 is 2.06 bits per heavy atom. The van der Waals surface area contributed by atoms with Crippen LogP contribution >= 0.6 is 0 Å². The molecule has 2 atom stereocenters. The number of hydrogen-bond donors (Lipinski definition) is 1. The molecule has 1 aromatic rings. The van der Waals surface area contributed by atoms with Crippen molar-refractivity contribution in [2.24, 2.45) is 5.73 Å². The van der Waals surface area contributed by atoms with E-state index in [2.05, 4.69) is 30.0 Å². The lowest BCUT2D eigenvalue weighted by Crippen LogP contribution is -2.37. The van der Waals surface area contributed by atoms with Gasteiger partial charge in [0.1, 0.15) is 5.75 Å². The Morgan fingerprint density at radius 1 is 1.33 bits per heavy atom. The topological polar surface area (TPSA) is 38.5 Å². The second-order valence-corrected chi connectivity index (χ2v) is 5.05. The first kappa shape index (κ1) is 13.4. The van der Waals surface area contributed by atoms with Crippen LogP contribution in [-0.2, 0) is 0 Å². The zero-order valence-electron chi connectivity index (χ0n) is 11.4. The largest absolute Gasteiger partial charge is 0.494 e. The molecule has 1 saturated heterocycles. The molecular formula is C15H24N2O. The van der Waals surface area contributed by atoms with Crippen molar-refractivity contribution >= 4 is 0 Å². The Bertz CT molecular complexity index is 373. The number of likely N-dealkylation sites (tertiary alicyclic amines) is 1. The fourth-order valence-corrected chi connectivity index (χ4v) is 2.82. The van der Waals surface area contributed by atoms with Gasteiger partial charge in [0.2, 0.25) is 0 Å². The van der Waals surface area contributed by atoms with E-state index in [1.165, 1.54) is 18.4 Å². The summed E-state index contributed by atoms with van der Waals surface area (Å²) in [5.74, 6) is 0.944. The van der Waals surface area contributed by atoms with Crippen LogP contribution in [0.25, 0.3) is 0 Å². The van der Waals surface area contributed by atoms with E-state index >= 15 is 0 Å². The third kappa shape index (κ3) is 3.03. The van der Waals surface area contributed by atoms with Crippen molar-refractivity contribution in [1.82, 2.24) is 4.90 Å². The lowest BCUT2D eigenvalue weighted by Gasteiger charge is -2.31. The molecule has 3 heteroatoms. The summed E-state index contributed by atoms with van der Waals surface area (Å²) in [4.78, 5) is 2.50. The minimum absolute atomic E-state index is 0.139. The van der Waals surface area contributed by atoms with Crippen LogP contribution in [0.15, 0.2) is 24.3 Å². The van der Waals surface area contributed by atoms with Crippen LogP contribution in [-0.4, -0.2) is 30.6 Å². The van der Waals surface area contributed by atoms with Crippen molar-refractivity contribution in [3.8, 4) is 5.75 Å². The second kappa shape index (κ2) is 6.21. The third-order valence-electron chi connectivity index (χ3n) is 3.54. The molecule has 0 saturated carbocycles. The second-order valence-electron chi connectivity index (χ2n) is 5.05. The molecule has 1 heterocycles. The first-order chi connectivity index (χ1) is 8.72. The summed E-state index contributed by atoms with van der Waals surface area (Å²) in [6.45, 7) is 7.12. The van der Waals surface area contributed by atoms with E-state index in [1.54, 1.807) is 0 Å². The molecule has 0 radical (unpaired) electrons. The maximum absolute atomic E-state index is 6.19. The lowest BCUT2D eigenvalue weighted by atomic mass is 9.99. The van der Waals surface area contributed by atoms with Crippen molar-refractivity contribution in [1.29, 1.82) is 0 Å². The van der Waals surface area contributed by atoms with E-state index in [0.717, 1.165) is 18.8 Å². The van der Waals surface area contributed by atoms with Gasteiger partial charge >= 0.3 is 0 Å². The summed E-state index contributed by atoms with van der Waals surface area (Å²) in [7, 11) is 0. The molecule has 0 spiro atoms. The molecule has 3 nitrogen and oxygen atoms in total. The van der Waals surface area contributed by atoms with E-state index in [1.807, 2.05) is 13.0 Å². The number of benzene rings is 1. The standard InChI is InChI=1S/C15H24N2O/c1-3-18-14-8-6-7-13(11-14)15(12(2)16)17-9-4-5-10-17/h6-8,11-12,15H,3-5,9-10,16H2,1-2H3. The summed E-state index contributed by atoms with van der Waals surface area (Å²) >= 11 is 0. The molecular weight excluding hydrogens is 224 g/mol. The molecule has 0 amide bonds. The molecule has 0 aliphatic carbocycles. The fraction of sp³-hybridized carbons (Fsp3) is 0.600. The summed E-state index contributed by atoms with van der Waals surface area (Å²) in [6.07, 6.45) is 2.57. The number of nitrogens with two attached hydrogens (primary N) is 1. The van der Waals surface area contributed by atoms with Crippen LogP contribution in [0, 0.1) is 0 Å². The molecule has 0 bridgehead atoms. The van der Waals surface area contributed by atoms with Crippen LogP contribution in [0.3, 0.4) is 0 Å². The highest BCUT2D eigenvalue weighted by molar-refractivity contribution is 5.31. The SMILES string of the molecule is CCOc1cccc(C(C(C)N)N2CCCC2)c1. The predicted molar refractivity (Wildman–Crippen MR) is 74.8 cm³/mol. The van der Waals surface area contributed by atoms with Gasteiger partial charge in [-0.15, -0.1) is 0 Å². The summed E-state index contributed by atoms with van der Waals surface area (Å²) in [5.41, 5.74) is 7.47. The lowest BCUT2D eigenvalue weighted by molar-refractivity contribution is 0.218. The van der Waals surface area contributed by atoms with Crippen molar-refractivity contribution in [2.75, 3.05) is 19.7 Å². The third-order valence-corrected chi connectivity index (χ3v) is 3.54. The Kier molecular flexibility index (Phi) is 4.61. The van der Waals surface area contributed by atoms with Crippen LogP contribution in [0.1, 0.15) is 38.3 Å². The van der Waals surface area contributed by atoms with Crippen LogP contribution in [0.5, 0.6) is 5.75 Å². The molecule has 2 N–H and O–H groups in total. The molecule has 18 heavy (non-hydrogen) atoms. The average molecular weight is 248 g/mol. The predicted octanol–water partition coefficient (Wildman–Crippen LogP) is 2.57. The molecule has 100 valence electrons. The quantitative estimate of drug-likeness (QED) is 0.870. The average Bonchev–Trinajstić information content (AvgIpc) is 2.83. The maximum atomic E-state index is 6.19. The van der Waals surface area contributed by atoms with Gasteiger partial charge in [0.15, 0.2) is 0 Å². The Morgan fingerprint density at radius 3 is 2.67 bits per heavy atom. The van der Waals surface area contributed by atoms with Crippen molar-refractivity contribution in [3.63, 3.8) is 0 Å². The van der Waals surface area contributed by atoms with Gasteiger partial charge in [-0.3, -0.25) is 4.90 Å². The van der Waals surface area contributed by atoms with Gasteiger partial charge in [-0.05, 0) is 57.5 Å². The van der Waals surface area contributed by atoms with Gasteiger partial charge in [0.25, 0.3) is 0 Å². The zero-order valence-corrected chi connectivity index (χ0v) is 11.4. The van der Waals surface area contributed by atoms with E-state index in [-0.39, 0.29) is 6.04 Å².